The van der Waals surface area contributed by atoms with Gasteiger partial charge < -0.3 is 25.5 Å². The van der Waals surface area contributed by atoms with E-state index in [1.807, 2.05) is 77.4 Å². The zero-order chi connectivity index (χ0) is 28.1. The number of benzene rings is 4. The van der Waals surface area contributed by atoms with Crippen molar-refractivity contribution in [2.75, 3.05) is 0 Å². The van der Waals surface area contributed by atoms with Gasteiger partial charge in [0.25, 0.3) is 0 Å². The maximum absolute atomic E-state index is 13.4. The molecule has 0 saturated heterocycles. The van der Waals surface area contributed by atoms with Crippen LogP contribution in [0, 0.1) is 10.8 Å². The Morgan fingerprint density at radius 2 is 1.35 bits per heavy atom. The van der Waals surface area contributed by atoms with Crippen LogP contribution in [0.25, 0.3) is 10.9 Å². The first-order valence-electron chi connectivity index (χ1n) is 12.7. The van der Waals surface area contributed by atoms with Gasteiger partial charge >= 0.3 is 5.97 Å². The fourth-order valence-corrected chi connectivity index (χ4v) is 4.49. The first kappa shape index (κ1) is 26.2. The molecule has 5 rings (SSSR count). The Bertz CT molecular complexity index is 1710. The lowest BCUT2D eigenvalue weighted by molar-refractivity contribution is 0.0461. The molecule has 1 aromatic heterocycles. The fraction of sp³-hybridized carbons (Fsp3) is 0.0938. The third-order valence-corrected chi connectivity index (χ3v) is 6.52. The topological polar surface area (TPSA) is 140 Å². The summed E-state index contributed by atoms with van der Waals surface area (Å²) < 4.78 is 13.6. The first-order valence-corrected chi connectivity index (χ1v) is 12.7. The summed E-state index contributed by atoms with van der Waals surface area (Å²) in [6.45, 7) is 0.838. The Morgan fingerprint density at radius 3 is 2.05 bits per heavy atom. The van der Waals surface area contributed by atoms with E-state index in [-0.39, 0.29) is 18.3 Å². The van der Waals surface area contributed by atoms with Crippen molar-refractivity contribution in [1.29, 1.82) is 10.8 Å². The van der Waals surface area contributed by atoms with Gasteiger partial charge in [0, 0.05) is 28.6 Å². The van der Waals surface area contributed by atoms with Gasteiger partial charge in [-0.3, -0.25) is 10.8 Å². The first-order chi connectivity index (χ1) is 19.4. The van der Waals surface area contributed by atoms with Gasteiger partial charge in [-0.15, -0.1) is 0 Å². The van der Waals surface area contributed by atoms with Crippen LogP contribution in [0.1, 0.15) is 38.3 Å². The molecule has 0 fully saturated rings. The molecular formula is C32H29N5O3. The molecule has 8 heteroatoms. The van der Waals surface area contributed by atoms with E-state index >= 15 is 0 Å². The summed E-state index contributed by atoms with van der Waals surface area (Å²) in [4.78, 5) is 13.4. The minimum absolute atomic E-state index is 0.0214. The second-order valence-electron chi connectivity index (χ2n) is 9.41. The summed E-state index contributed by atoms with van der Waals surface area (Å²) in [6, 6.07) is 31.9. The molecule has 0 radical (unpaired) electrons. The van der Waals surface area contributed by atoms with Crippen molar-refractivity contribution in [3.8, 4) is 5.75 Å². The maximum Gasteiger partial charge on any atom is 0.355 e. The van der Waals surface area contributed by atoms with E-state index in [9.17, 15) is 4.79 Å². The summed E-state index contributed by atoms with van der Waals surface area (Å²) in [6.07, 6.45) is 0. The number of nitrogens with zero attached hydrogens (tertiary/aromatic N) is 1. The van der Waals surface area contributed by atoms with Gasteiger partial charge in [-0.05, 0) is 53.1 Å². The van der Waals surface area contributed by atoms with Crippen LogP contribution in [0.4, 0.5) is 0 Å². The lowest BCUT2D eigenvalue weighted by atomic mass is 10.1. The largest absolute Gasteiger partial charge is 0.489 e. The molecule has 0 aliphatic rings. The summed E-state index contributed by atoms with van der Waals surface area (Å²) in [7, 11) is 0. The van der Waals surface area contributed by atoms with Crippen molar-refractivity contribution < 1.29 is 14.3 Å². The van der Waals surface area contributed by atoms with Crippen LogP contribution in [-0.2, 0) is 24.5 Å². The molecular weight excluding hydrogens is 502 g/mol. The Balaban J connectivity index is 1.45. The number of rotatable bonds is 10. The quantitative estimate of drug-likeness (QED) is 0.111. The number of ether oxygens (including phenoxy) is 2. The van der Waals surface area contributed by atoms with E-state index in [0.29, 0.717) is 35.7 Å². The van der Waals surface area contributed by atoms with Crippen LogP contribution >= 0.6 is 0 Å². The number of carbonyl (C=O) groups excluding carboxylic acids is 1. The van der Waals surface area contributed by atoms with E-state index in [0.717, 1.165) is 27.6 Å². The molecule has 0 aliphatic heterocycles. The van der Waals surface area contributed by atoms with Crippen LogP contribution in [0.3, 0.4) is 0 Å². The Hall–Kier alpha value is -5.37. The summed E-state index contributed by atoms with van der Waals surface area (Å²) >= 11 is 0. The van der Waals surface area contributed by atoms with E-state index in [2.05, 4.69) is 0 Å². The van der Waals surface area contributed by atoms with Crippen LogP contribution in [0.2, 0.25) is 0 Å². The second kappa shape index (κ2) is 11.6. The minimum Gasteiger partial charge on any atom is -0.489 e. The van der Waals surface area contributed by atoms with Gasteiger partial charge in [0.15, 0.2) is 0 Å². The van der Waals surface area contributed by atoms with Crippen molar-refractivity contribution in [1.82, 2.24) is 4.57 Å². The monoisotopic (exact) mass is 531 g/mol. The highest BCUT2D eigenvalue weighted by Gasteiger charge is 2.19. The summed E-state index contributed by atoms with van der Waals surface area (Å²) in [5.41, 5.74) is 16.4. The average molecular weight is 532 g/mol. The molecule has 0 unspecified atom stereocenters. The zero-order valence-corrected chi connectivity index (χ0v) is 21.8. The summed E-state index contributed by atoms with van der Waals surface area (Å²) in [5, 5.41) is 16.3. The molecule has 40 heavy (non-hydrogen) atoms. The van der Waals surface area contributed by atoms with Crippen molar-refractivity contribution in [2.24, 2.45) is 11.5 Å². The standard InChI is InChI=1S/C32H29N5O3/c33-30(34)24-10-4-8-22(14-24)18-37-28-13-12-27(39-19-21-6-2-1-3-7-21)16-26(28)17-29(37)32(38)40-20-23-9-5-11-25(15-23)31(35)36/h1-17H,18-20H2,(H3,33,34)(H3,35,36). The van der Waals surface area contributed by atoms with Gasteiger partial charge in [-0.2, -0.15) is 0 Å². The Morgan fingerprint density at radius 1 is 0.700 bits per heavy atom. The highest BCUT2D eigenvalue weighted by atomic mass is 16.5. The van der Waals surface area contributed by atoms with Crippen LogP contribution < -0.4 is 16.2 Å². The third-order valence-electron chi connectivity index (χ3n) is 6.52. The van der Waals surface area contributed by atoms with Crippen molar-refractivity contribution in [3.05, 3.63) is 137 Å². The van der Waals surface area contributed by atoms with Gasteiger partial charge in [0.1, 0.15) is 36.3 Å². The molecule has 8 nitrogen and oxygen atoms in total. The third kappa shape index (κ3) is 6.02. The number of esters is 1. The van der Waals surface area contributed by atoms with Gasteiger partial charge in [-0.25, -0.2) is 4.79 Å². The van der Waals surface area contributed by atoms with E-state index < -0.39 is 5.97 Å². The smallest absolute Gasteiger partial charge is 0.355 e. The lowest BCUT2D eigenvalue weighted by Gasteiger charge is -2.13. The van der Waals surface area contributed by atoms with Crippen molar-refractivity contribution in [2.45, 2.75) is 19.8 Å². The molecule has 0 bridgehead atoms. The van der Waals surface area contributed by atoms with E-state index in [1.165, 1.54) is 0 Å². The van der Waals surface area contributed by atoms with E-state index in [1.54, 1.807) is 30.3 Å². The molecule has 0 saturated carbocycles. The van der Waals surface area contributed by atoms with Gasteiger partial charge in [0.2, 0.25) is 0 Å². The van der Waals surface area contributed by atoms with Crippen LogP contribution in [0.15, 0.2) is 103 Å². The highest BCUT2D eigenvalue weighted by Crippen LogP contribution is 2.27. The molecule has 1 heterocycles. The number of nitrogens with two attached hydrogens (primary N) is 2. The predicted molar refractivity (Wildman–Crippen MR) is 156 cm³/mol. The normalized spacial score (nSPS) is 10.8. The van der Waals surface area contributed by atoms with Crippen molar-refractivity contribution >= 4 is 28.5 Å². The number of hydrogen-bond donors (Lipinski definition) is 4. The fourth-order valence-electron chi connectivity index (χ4n) is 4.49. The van der Waals surface area contributed by atoms with Gasteiger partial charge in [0.05, 0.1) is 0 Å². The van der Waals surface area contributed by atoms with Gasteiger partial charge in [-0.1, -0.05) is 66.7 Å². The Labute approximate surface area is 231 Å². The number of nitrogens with one attached hydrogen (secondary N) is 2. The van der Waals surface area contributed by atoms with Crippen LogP contribution in [0.5, 0.6) is 5.75 Å². The highest BCUT2D eigenvalue weighted by molar-refractivity contribution is 5.97. The number of amidine groups is 2. The number of carbonyl (C=O) groups is 1. The maximum atomic E-state index is 13.4. The minimum atomic E-state index is -0.487. The molecule has 200 valence electrons. The molecule has 5 aromatic rings. The van der Waals surface area contributed by atoms with Crippen LogP contribution in [-0.4, -0.2) is 22.2 Å². The molecule has 0 atom stereocenters. The number of aromatic nitrogens is 1. The molecule has 0 amide bonds. The number of hydrogen-bond acceptors (Lipinski definition) is 5. The summed E-state index contributed by atoms with van der Waals surface area (Å²) in [5.74, 6) is 0.130. The van der Waals surface area contributed by atoms with Crippen molar-refractivity contribution in [3.63, 3.8) is 0 Å². The molecule has 0 spiro atoms. The second-order valence-corrected chi connectivity index (χ2v) is 9.41. The lowest BCUT2D eigenvalue weighted by Crippen LogP contribution is -2.15. The molecule has 4 aromatic carbocycles. The zero-order valence-electron chi connectivity index (χ0n) is 21.8. The molecule has 6 N–H and O–H groups in total. The predicted octanol–water partition coefficient (Wildman–Crippen LogP) is 5.19. The number of nitrogen functional groups attached to an aromatic ring is 2. The number of fused-ring (bicyclic) bond motifs is 1. The van der Waals surface area contributed by atoms with E-state index in [4.69, 9.17) is 31.8 Å². The Kier molecular flexibility index (Phi) is 7.59. The molecule has 0 aliphatic carbocycles. The SMILES string of the molecule is N=C(N)c1cccc(COC(=O)c2cc3cc(OCc4ccccc4)ccc3n2Cc2cccc(C(=N)N)c2)c1. The average Bonchev–Trinajstić information content (AvgIpc) is 3.33.